The number of hydrogen-bond donors (Lipinski definition) is 2. The lowest BCUT2D eigenvalue weighted by Gasteiger charge is -2.20. The minimum absolute atomic E-state index is 0.170. The highest BCUT2D eigenvalue weighted by Crippen LogP contribution is 2.35. The Hall–Kier alpha value is -1.92. The predicted molar refractivity (Wildman–Crippen MR) is 65.3 cm³/mol. The summed E-state index contributed by atoms with van der Waals surface area (Å²) in [6.07, 6.45) is 0. The zero-order chi connectivity index (χ0) is 13.4. The molecule has 1 aliphatic heterocycles. The van der Waals surface area contributed by atoms with Crippen LogP contribution in [0.2, 0.25) is 5.02 Å². The Morgan fingerprint density at radius 2 is 2.06 bits per heavy atom. The minimum atomic E-state index is -1.05. The highest BCUT2D eigenvalue weighted by atomic mass is 35.5. The molecule has 1 unspecified atom stereocenters. The van der Waals surface area contributed by atoms with E-state index in [1.165, 1.54) is 6.07 Å². The van der Waals surface area contributed by atoms with Gasteiger partial charge in [0.05, 0.1) is 22.8 Å². The molecule has 1 heterocycles. The SMILES string of the molecule is NC(=O)C(N)CN1C(=O)C(=O)c2cccc(Cl)c21. The number of Topliss-reactive ketones (excluding diaryl/α,β-unsaturated/α-hetero) is 1. The standard InChI is InChI=1S/C11H10ClN3O3/c12-6-3-1-2-5-8(6)15(11(18)9(5)16)4-7(13)10(14)17/h1-3,7H,4,13H2,(H2,14,17). The first-order valence-corrected chi connectivity index (χ1v) is 5.51. The van der Waals surface area contributed by atoms with Gasteiger partial charge in [-0.05, 0) is 12.1 Å². The van der Waals surface area contributed by atoms with Crippen LogP contribution in [0.15, 0.2) is 18.2 Å². The highest BCUT2D eigenvalue weighted by molar-refractivity contribution is 6.54. The van der Waals surface area contributed by atoms with E-state index < -0.39 is 23.6 Å². The van der Waals surface area contributed by atoms with Crippen LogP contribution in [-0.2, 0) is 9.59 Å². The highest BCUT2D eigenvalue weighted by Gasteiger charge is 2.38. The average molecular weight is 268 g/mol. The molecule has 0 bridgehead atoms. The van der Waals surface area contributed by atoms with Gasteiger partial charge in [-0.15, -0.1) is 0 Å². The number of rotatable bonds is 3. The van der Waals surface area contributed by atoms with Crippen LogP contribution in [0, 0.1) is 0 Å². The van der Waals surface area contributed by atoms with E-state index in [2.05, 4.69) is 0 Å². The molecule has 6 nitrogen and oxygen atoms in total. The molecule has 2 rings (SSSR count). The van der Waals surface area contributed by atoms with Crippen molar-refractivity contribution in [3.63, 3.8) is 0 Å². The number of hydrogen-bond acceptors (Lipinski definition) is 4. The summed E-state index contributed by atoms with van der Waals surface area (Å²) in [5.74, 6) is -2.17. The quantitative estimate of drug-likeness (QED) is 0.732. The molecule has 94 valence electrons. The summed E-state index contributed by atoms with van der Waals surface area (Å²) in [7, 11) is 0. The Morgan fingerprint density at radius 1 is 1.39 bits per heavy atom. The van der Waals surface area contributed by atoms with Crippen molar-refractivity contribution in [2.45, 2.75) is 6.04 Å². The van der Waals surface area contributed by atoms with Crippen molar-refractivity contribution >= 4 is 34.9 Å². The van der Waals surface area contributed by atoms with E-state index in [9.17, 15) is 14.4 Å². The molecule has 1 aliphatic rings. The van der Waals surface area contributed by atoms with E-state index >= 15 is 0 Å². The lowest BCUT2D eigenvalue weighted by molar-refractivity contribution is -0.119. The number of nitrogens with zero attached hydrogens (tertiary/aromatic N) is 1. The largest absolute Gasteiger partial charge is 0.368 e. The molecular weight excluding hydrogens is 258 g/mol. The van der Waals surface area contributed by atoms with Gasteiger partial charge in [0.1, 0.15) is 6.04 Å². The molecule has 1 aromatic carbocycles. The third-order valence-electron chi connectivity index (χ3n) is 2.69. The summed E-state index contributed by atoms with van der Waals surface area (Å²) in [5.41, 5.74) is 11.0. The Balaban J connectivity index is 2.42. The van der Waals surface area contributed by atoms with E-state index in [-0.39, 0.29) is 22.8 Å². The molecule has 0 spiro atoms. The molecule has 7 heteroatoms. The molecule has 0 saturated heterocycles. The van der Waals surface area contributed by atoms with Crippen molar-refractivity contribution in [1.29, 1.82) is 0 Å². The van der Waals surface area contributed by atoms with E-state index in [4.69, 9.17) is 23.1 Å². The van der Waals surface area contributed by atoms with Crippen LogP contribution >= 0.6 is 11.6 Å². The van der Waals surface area contributed by atoms with Gasteiger partial charge < -0.3 is 16.4 Å². The van der Waals surface area contributed by atoms with Gasteiger partial charge in [-0.1, -0.05) is 17.7 Å². The fourth-order valence-electron chi connectivity index (χ4n) is 1.77. The van der Waals surface area contributed by atoms with Gasteiger partial charge in [0, 0.05) is 0 Å². The zero-order valence-electron chi connectivity index (χ0n) is 9.22. The molecule has 0 aromatic heterocycles. The zero-order valence-corrected chi connectivity index (χ0v) is 9.98. The number of halogens is 1. The maximum absolute atomic E-state index is 11.8. The lowest BCUT2D eigenvalue weighted by atomic mass is 10.1. The Morgan fingerprint density at radius 3 is 2.67 bits per heavy atom. The maximum atomic E-state index is 11.8. The molecule has 0 saturated carbocycles. The van der Waals surface area contributed by atoms with Gasteiger partial charge in [0.15, 0.2) is 0 Å². The van der Waals surface area contributed by atoms with Gasteiger partial charge in [-0.2, -0.15) is 0 Å². The van der Waals surface area contributed by atoms with Gasteiger partial charge in [0.25, 0.3) is 11.7 Å². The van der Waals surface area contributed by atoms with E-state index in [1.807, 2.05) is 0 Å². The first-order chi connectivity index (χ1) is 8.43. The summed E-state index contributed by atoms with van der Waals surface area (Å²) in [5, 5.41) is 0.253. The van der Waals surface area contributed by atoms with Gasteiger partial charge in [0.2, 0.25) is 5.91 Å². The van der Waals surface area contributed by atoms with Crippen LogP contribution in [-0.4, -0.2) is 30.2 Å². The number of para-hydroxylation sites is 1. The van der Waals surface area contributed by atoms with Crippen molar-refractivity contribution in [1.82, 2.24) is 0 Å². The number of fused-ring (bicyclic) bond motifs is 1. The van der Waals surface area contributed by atoms with Crippen molar-refractivity contribution in [3.8, 4) is 0 Å². The number of nitrogens with two attached hydrogens (primary N) is 2. The van der Waals surface area contributed by atoms with Crippen LogP contribution in [0.4, 0.5) is 5.69 Å². The van der Waals surface area contributed by atoms with Crippen LogP contribution in [0.25, 0.3) is 0 Å². The van der Waals surface area contributed by atoms with Gasteiger partial charge in [-0.25, -0.2) is 0 Å². The topological polar surface area (TPSA) is 106 Å². The van der Waals surface area contributed by atoms with Crippen molar-refractivity contribution in [2.75, 3.05) is 11.4 Å². The fraction of sp³-hybridized carbons (Fsp3) is 0.182. The van der Waals surface area contributed by atoms with E-state index in [0.29, 0.717) is 0 Å². The molecule has 0 radical (unpaired) electrons. The normalized spacial score (nSPS) is 15.8. The molecule has 4 N–H and O–H groups in total. The summed E-state index contributed by atoms with van der Waals surface area (Å²) in [6.45, 7) is -0.170. The predicted octanol–water partition coefficient (Wildman–Crippen LogP) is -0.318. The third kappa shape index (κ3) is 1.85. The maximum Gasteiger partial charge on any atom is 0.299 e. The Labute approximate surface area is 107 Å². The second-order valence-electron chi connectivity index (χ2n) is 3.89. The number of benzene rings is 1. The van der Waals surface area contributed by atoms with Crippen LogP contribution in [0.5, 0.6) is 0 Å². The first-order valence-electron chi connectivity index (χ1n) is 5.13. The molecule has 1 aromatic rings. The van der Waals surface area contributed by atoms with Gasteiger partial charge >= 0.3 is 0 Å². The van der Waals surface area contributed by atoms with E-state index in [1.54, 1.807) is 12.1 Å². The number of amides is 2. The van der Waals surface area contributed by atoms with Gasteiger partial charge in [-0.3, -0.25) is 14.4 Å². The second-order valence-corrected chi connectivity index (χ2v) is 4.30. The molecule has 1 atom stereocenters. The second kappa shape index (κ2) is 4.40. The van der Waals surface area contributed by atoms with Crippen LogP contribution < -0.4 is 16.4 Å². The van der Waals surface area contributed by atoms with Crippen molar-refractivity contribution in [2.24, 2.45) is 11.5 Å². The molecule has 0 aliphatic carbocycles. The van der Waals surface area contributed by atoms with Crippen molar-refractivity contribution < 1.29 is 14.4 Å². The number of carbonyl (C=O) groups is 3. The van der Waals surface area contributed by atoms with Crippen LogP contribution in [0.1, 0.15) is 10.4 Å². The monoisotopic (exact) mass is 267 g/mol. The molecule has 18 heavy (non-hydrogen) atoms. The number of ketones is 1. The number of anilines is 1. The Kier molecular flexibility index (Phi) is 3.06. The number of primary amides is 1. The average Bonchev–Trinajstić information content (AvgIpc) is 2.56. The summed E-state index contributed by atoms with van der Waals surface area (Å²) in [6, 6.07) is 3.57. The first kappa shape index (κ1) is 12.5. The van der Waals surface area contributed by atoms with Crippen molar-refractivity contribution in [3.05, 3.63) is 28.8 Å². The van der Waals surface area contributed by atoms with Crippen LogP contribution in [0.3, 0.4) is 0 Å². The summed E-state index contributed by atoms with van der Waals surface area (Å²) in [4.78, 5) is 35.5. The third-order valence-corrected chi connectivity index (χ3v) is 2.99. The Bertz CT molecular complexity index is 558. The molecule has 2 amide bonds. The summed E-state index contributed by atoms with van der Waals surface area (Å²) < 4.78 is 0. The molecule has 0 fully saturated rings. The number of carbonyl (C=O) groups excluding carboxylic acids is 3. The fourth-order valence-corrected chi connectivity index (χ4v) is 2.05. The molecular formula is C11H10ClN3O3. The smallest absolute Gasteiger partial charge is 0.299 e. The summed E-state index contributed by atoms with van der Waals surface area (Å²) >= 11 is 5.95. The lowest BCUT2D eigenvalue weighted by Crippen LogP contribution is -2.47. The van der Waals surface area contributed by atoms with E-state index in [0.717, 1.165) is 4.90 Å². The minimum Gasteiger partial charge on any atom is -0.368 e.